The van der Waals surface area contributed by atoms with Gasteiger partial charge in [0.15, 0.2) is 0 Å². The van der Waals surface area contributed by atoms with Gasteiger partial charge >= 0.3 is 0 Å². The van der Waals surface area contributed by atoms with Crippen LogP contribution in [-0.2, 0) is 4.79 Å². The molecule has 22 heavy (non-hydrogen) atoms. The molecule has 0 aliphatic heterocycles. The quantitative estimate of drug-likeness (QED) is 0.886. The number of likely N-dealkylation sites (N-methyl/N-ethyl adjacent to an activating group) is 1. The Kier molecular flexibility index (Phi) is 5.86. The van der Waals surface area contributed by atoms with E-state index in [0.29, 0.717) is 12.2 Å². The Hall–Kier alpha value is -2.46. The van der Waals surface area contributed by atoms with Crippen LogP contribution in [0.4, 0.5) is 10.1 Å². The average molecular weight is 298 g/mol. The van der Waals surface area contributed by atoms with E-state index in [2.05, 4.69) is 5.32 Å². The molecule has 2 rings (SSSR count). The van der Waals surface area contributed by atoms with E-state index < -0.39 is 0 Å². The third kappa shape index (κ3) is 5.50. The minimum atomic E-state index is -0.318. The summed E-state index contributed by atoms with van der Waals surface area (Å²) >= 11 is 0. The van der Waals surface area contributed by atoms with E-state index in [1.165, 1.54) is 12.1 Å². The standard InChI is InChI=1S/C18H19FN2O/c1-21(13-5-8-15-6-3-2-4-7-15)14-18(22)20-17-11-9-16(19)10-12-17/h2-12H,13-14H2,1H3,(H,20,22)/b8-5+. The number of carbonyl (C=O) groups is 1. The van der Waals surface area contributed by atoms with Gasteiger partial charge in [0, 0.05) is 12.2 Å². The predicted molar refractivity (Wildman–Crippen MR) is 88.0 cm³/mol. The number of nitrogens with one attached hydrogen (secondary N) is 1. The maximum Gasteiger partial charge on any atom is 0.238 e. The van der Waals surface area contributed by atoms with Crippen LogP contribution in [0.25, 0.3) is 6.08 Å². The Morgan fingerprint density at radius 3 is 2.50 bits per heavy atom. The molecule has 0 bridgehead atoms. The van der Waals surface area contributed by atoms with E-state index in [-0.39, 0.29) is 18.3 Å². The van der Waals surface area contributed by atoms with Gasteiger partial charge in [0.05, 0.1) is 6.54 Å². The monoisotopic (exact) mass is 298 g/mol. The number of rotatable bonds is 6. The van der Waals surface area contributed by atoms with Gasteiger partial charge in [-0.05, 0) is 36.9 Å². The van der Waals surface area contributed by atoms with Crippen LogP contribution in [0, 0.1) is 5.82 Å². The maximum atomic E-state index is 12.8. The Balaban J connectivity index is 1.76. The summed E-state index contributed by atoms with van der Waals surface area (Å²) in [6, 6.07) is 15.7. The number of halogens is 1. The lowest BCUT2D eigenvalue weighted by atomic mass is 10.2. The first-order valence-electron chi connectivity index (χ1n) is 7.09. The van der Waals surface area contributed by atoms with Crippen molar-refractivity contribution in [1.29, 1.82) is 0 Å². The van der Waals surface area contributed by atoms with Crippen molar-refractivity contribution in [3.05, 3.63) is 72.1 Å². The molecule has 0 radical (unpaired) electrons. The Labute approximate surface area is 130 Å². The normalized spacial score (nSPS) is 11.0. The minimum absolute atomic E-state index is 0.123. The zero-order chi connectivity index (χ0) is 15.8. The van der Waals surface area contributed by atoms with E-state index >= 15 is 0 Å². The summed E-state index contributed by atoms with van der Waals surface area (Å²) in [5.74, 6) is -0.441. The molecule has 1 N–H and O–H groups in total. The van der Waals surface area contributed by atoms with Gasteiger partial charge in [-0.1, -0.05) is 42.5 Å². The highest BCUT2D eigenvalue weighted by atomic mass is 19.1. The fraction of sp³-hybridized carbons (Fsp3) is 0.167. The number of nitrogens with zero attached hydrogens (tertiary/aromatic N) is 1. The number of hydrogen-bond donors (Lipinski definition) is 1. The van der Waals surface area contributed by atoms with Gasteiger partial charge < -0.3 is 5.32 Å². The van der Waals surface area contributed by atoms with Gasteiger partial charge in [-0.2, -0.15) is 0 Å². The SMILES string of the molecule is CN(C/C=C/c1ccccc1)CC(=O)Nc1ccc(F)cc1. The van der Waals surface area contributed by atoms with E-state index in [1.807, 2.05) is 54.4 Å². The van der Waals surface area contributed by atoms with Crippen molar-refractivity contribution in [1.82, 2.24) is 4.90 Å². The first-order valence-corrected chi connectivity index (χ1v) is 7.09. The molecule has 0 aliphatic rings. The van der Waals surface area contributed by atoms with Crippen molar-refractivity contribution in [2.45, 2.75) is 0 Å². The van der Waals surface area contributed by atoms with Crippen LogP contribution in [0.15, 0.2) is 60.7 Å². The first-order chi connectivity index (χ1) is 10.6. The zero-order valence-electron chi connectivity index (χ0n) is 12.5. The Morgan fingerprint density at radius 1 is 1.14 bits per heavy atom. The molecule has 4 heteroatoms. The molecule has 0 aromatic heterocycles. The Morgan fingerprint density at radius 2 is 1.82 bits per heavy atom. The highest BCUT2D eigenvalue weighted by Crippen LogP contribution is 2.08. The Bertz CT molecular complexity index is 623. The molecule has 3 nitrogen and oxygen atoms in total. The lowest BCUT2D eigenvalue weighted by Crippen LogP contribution is -2.30. The molecule has 0 saturated heterocycles. The molecule has 2 aromatic rings. The maximum absolute atomic E-state index is 12.8. The van der Waals surface area contributed by atoms with Gasteiger partial charge in [0.2, 0.25) is 5.91 Å². The fourth-order valence-electron chi connectivity index (χ4n) is 1.98. The summed E-state index contributed by atoms with van der Waals surface area (Å²) in [5, 5.41) is 2.74. The van der Waals surface area contributed by atoms with Crippen LogP contribution in [0.1, 0.15) is 5.56 Å². The van der Waals surface area contributed by atoms with Crippen LogP contribution >= 0.6 is 0 Å². The molecule has 0 aliphatic carbocycles. The number of amides is 1. The van der Waals surface area contributed by atoms with Crippen LogP contribution < -0.4 is 5.32 Å². The second kappa shape index (κ2) is 8.10. The highest BCUT2D eigenvalue weighted by molar-refractivity contribution is 5.92. The molecular weight excluding hydrogens is 279 g/mol. The summed E-state index contributed by atoms with van der Waals surface area (Å²) in [6.07, 6.45) is 4.04. The van der Waals surface area contributed by atoms with E-state index in [1.54, 1.807) is 12.1 Å². The summed E-state index contributed by atoms with van der Waals surface area (Å²) < 4.78 is 12.8. The molecule has 0 atom stereocenters. The van der Waals surface area contributed by atoms with Crippen molar-refractivity contribution in [2.75, 3.05) is 25.5 Å². The van der Waals surface area contributed by atoms with Gasteiger partial charge in [0.1, 0.15) is 5.82 Å². The summed E-state index contributed by atoms with van der Waals surface area (Å²) in [4.78, 5) is 13.8. The number of anilines is 1. The van der Waals surface area contributed by atoms with Gasteiger partial charge in [0.25, 0.3) is 0 Å². The zero-order valence-corrected chi connectivity index (χ0v) is 12.5. The van der Waals surface area contributed by atoms with Crippen molar-refractivity contribution in [2.24, 2.45) is 0 Å². The lowest BCUT2D eigenvalue weighted by Gasteiger charge is -2.14. The summed E-state index contributed by atoms with van der Waals surface area (Å²) in [7, 11) is 1.87. The van der Waals surface area contributed by atoms with Crippen LogP contribution in [0.5, 0.6) is 0 Å². The summed E-state index contributed by atoms with van der Waals surface area (Å²) in [6.45, 7) is 0.947. The molecule has 2 aromatic carbocycles. The van der Waals surface area contributed by atoms with Crippen molar-refractivity contribution in [3.8, 4) is 0 Å². The van der Waals surface area contributed by atoms with E-state index in [9.17, 15) is 9.18 Å². The number of benzene rings is 2. The van der Waals surface area contributed by atoms with E-state index in [0.717, 1.165) is 5.56 Å². The molecule has 1 amide bonds. The van der Waals surface area contributed by atoms with Gasteiger partial charge in [-0.3, -0.25) is 9.69 Å². The molecule has 0 unspecified atom stereocenters. The molecule has 0 heterocycles. The third-order valence-electron chi connectivity index (χ3n) is 3.07. The van der Waals surface area contributed by atoms with Crippen LogP contribution in [0.3, 0.4) is 0 Å². The second-order valence-corrected chi connectivity index (χ2v) is 5.06. The topological polar surface area (TPSA) is 32.3 Å². The summed E-state index contributed by atoms with van der Waals surface area (Å²) in [5.41, 5.74) is 1.73. The first kappa shape index (κ1) is 15.9. The van der Waals surface area contributed by atoms with E-state index in [4.69, 9.17) is 0 Å². The van der Waals surface area contributed by atoms with Crippen molar-refractivity contribution < 1.29 is 9.18 Å². The lowest BCUT2D eigenvalue weighted by molar-refractivity contribution is -0.116. The number of hydrogen-bond acceptors (Lipinski definition) is 2. The molecule has 0 fully saturated rings. The second-order valence-electron chi connectivity index (χ2n) is 5.06. The van der Waals surface area contributed by atoms with Crippen LogP contribution in [0.2, 0.25) is 0 Å². The molecule has 0 spiro atoms. The highest BCUT2D eigenvalue weighted by Gasteiger charge is 2.05. The molecule has 0 saturated carbocycles. The number of carbonyl (C=O) groups excluding carboxylic acids is 1. The molecular formula is C18H19FN2O. The smallest absolute Gasteiger partial charge is 0.238 e. The van der Waals surface area contributed by atoms with Gasteiger partial charge in [-0.25, -0.2) is 4.39 Å². The predicted octanol–water partition coefficient (Wildman–Crippen LogP) is 3.41. The van der Waals surface area contributed by atoms with Crippen LogP contribution in [-0.4, -0.2) is 30.9 Å². The van der Waals surface area contributed by atoms with Crippen molar-refractivity contribution in [3.63, 3.8) is 0 Å². The largest absolute Gasteiger partial charge is 0.325 e. The third-order valence-corrected chi connectivity index (χ3v) is 3.07. The fourth-order valence-corrected chi connectivity index (χ4v) is 1.98. The van der Waals surface area contributed by atoms with Crippen molar-refractivity contribution >= 4 is 17.7 Å². The average Bonchev–Trinajstić information content (AvgIpc) is 2.50. The van der Waals surface area contributed by atoms with Gasteiger partial charge in [-0.15, -0.1) is 0 Å². The minimum Gasteiger partial charge on any atom is -0.325 e. The molecule has 114 valence electrons.